The highest BCUT2D eigenvalue weighted by Gasteiger charge is 2.47. The monoisotopic (exact) mass is 451 g/mol. The molecule has 0 unspecified atom stereocenters. The maximum atomic E-state index is 14.2. The summed E-state index contributed by atoms with van der Waals surface area (Å²) in [7, 11) is 1.62. The minimum atomic E-state index is -0.816. The Bertz CT molecular complexity index is 1270. The Morgan fingerprint density at radius 3 is 2.62 bits per heavy atom. The second-order valence-electron chi connectivity index (χ2n) is 8.69. The van der Waals surface area contributed by atoms with Crippen LogP contribution in [0.4, 0.5) is 21.5 Å². The zero-order chi connectivity index (χ0) is 22.8. The Labute approximate surface area is 191 Å². The largest absolute Gasteiger partial charge is 0.496 e. The Kier molecular flexibility index (Phi) is 4.60. The van der Waals surface area contributed by atoms with Crippen molar-refractivity contribution in [3.8, 4) is 16.9 Å². The minimum absolute atomic E-state index is 0.109. The molecule has 3 aromatic carbocycles. The predicted molar refractivity (Wildman–Crippen MR) is 126 cm³/mol. The van der Waals surface area contributed by atoms with Crippen molar-refractivity contribution in [2.45, 2.75) is 32.9 Å². The van der Waals surface area contributed by atoms with Gasteiger partial charge in [-0.15, -0.1) is 0 Å². The van der Waals surface area contributed by atoms with Crippen LogP contribution < -0.4 is 20.1 Å². The van der Waals surface area contributed by atoms with Crippen LogP contribution in [0.1, 0.15) is 25.0 Å². The number of hydrogen-bond donors (Lipinski definition) is 1. The van der Waals surface area contributed by atoms with Gasteiger partial charge in [0.15, 0.2) is 0 Å². The number of nitrogens with zero attached hydrogens (tertiary/aromatic N) is 2. The molecule has 7 heteroatoms. The quantitative estimate of drug-likeness (QED) is 0.535. The van der Waals surface area contributed by atoms with Gasteiger partial charge in [-0.2, -0.15) is 0 Å². The second-order valence-corrected chi connectivity index (χ2v) is 9.12. The summed E-state index contributed by atoms with van der Waals surface area (Å²) in [6.07, 6.45) is 0. The van der Waals surface area contributed by atoms with Crippen LogP contribution in [0.5, 0.6) is 5.75 Å². The van der Waals surface area contributed by atoms with E-state index in [1.807, 2.05) is 50.0 Å². The lowest BCUT2D eigenvalue weighted by Crippen LogP contribution is -2.57. The van der Waals surface area contributed by atoms with E-state index in [-0.39, 0.29) is 11.7 Å². The normalized spacial score (nSPS) is 16.1. The molecule has 2 aliphatic heterocycles. The molecule has 2 heterocycles. The predicted octanol–water partition coefficient (Wildman–Crippen LogP) is 5.94. The molecule has 2 aliphatic rings. The first kappa shape index (κ1) is 20.6. The number of carbonyl (C=O) groups excluding carboxylic acids is 1. The van der Waals surface area contributed by atoms with Crippen LogP contribution in [0, 0.1) is 12.7 Å². The van der Waals surface area contributed by atoms with E-state index in [9.17, 15) is 9.18 Å². The number of amides is 1. The molecule has 5 nitrogen and oxygen atoms in total. The molecule has 3 aromatic rings. The van der Waals surface area contributed by atoms with Crippen molar-refractivity contribution in [3.05, 3.63) is 70.5 Å². The van der Waals surface area contributed by atoms with Crippen molar-refractivity contribution in [1.29, 1.82) is 0 Å². The van der Waals surface area contributed by atoms with Gasteiger partial charge in [-0.05, 0) is 68.3 Å². The Morgan fingerprint density at radius 1 is 1.09 bits per heavy atom. The number of aryl methyl sites for hydroxylation is 1. The first-order chi connectivity index (χ1) is 15.2. The molecular formula is C25H23ClFN3O2. The SMILES string of the molecule is COc1ccc(Cl)cc1-c1ccc2c3c1CN(c1cc(F)ccc1C)N3C(=O)C(C)(C)N2. The number of rotatable bonds is 3. The van der Waals surface area contributed by atoms with Gasteiger partial charge in [0.2, 0.25) is 0 Å². The smallest absolute Gasteiger partial charge is 0.270 e. The second kappa shape index (κ2) is 7.14. The van der Waals surface area contributed by atoms with Gasteiger partial charge in [0.25, 0.3) is 5.91 Å². The van der Waals surface area contributed by atoms with Crippen molar-refractivity contribution < 1.29 is 13.9 Å². The third-order valence-corrected chi connectivity index (χ3v) is 6.35. The lowest BCUT2D eigenvalue weighted by molar-refractivity contribution is -0.122. The third kappa shape index (κ3) is 3.01. The molecule has 0 radical (unpaired) electrons. The Morgan fingerprint density at radius 2 is 1.88 bits per heavy atom. The Hall–Kier alpha value is -3.25. The summed E-state index contributed by atoms with van der Waals surface area (Å²) in [4.78, 5) is 13.6. The van der Waals surface area contributed by atoms with Crippen LogP contribution >= 0.6 is 11.6 Å². The molecular weight excluding hydrogens is 429 g/mol. The van der Waals surface area contributed by atoms with Gasteiger partial charge in [0.05, 0.1) is 30.7 Å². The van der Waals surface area contributed by atoms with Gasteiger partial charge in [-0.1, -0.05) is 23.7 Å². The highest BCUT2D eigenvalue weighted by atomic mass is 35.5. The lowest BCUT2D eigenvalue weighted by atomic mass is 9.93. The summed E-state index contributed by atoms with van der Waals surface area (Å²) < 4.78 is 19.8. The molecule has 164 valence electrons. The molecule has 5 rings (SSSR count). The summed E-state index contributed by atoms with van der Waals surface area (Å²) in [5.74, 6) is 0.232. The molecule has 0 aromatic heterocycles. The van der Waals surface area contributed by atoms with Crippen molar-refractivity contribution in [2.24, 2.45) is 0 Å². The van der Waals surface area contributed by atoms with E-state index >= 15 is 0 Å². The molecule has 0 spiro atoms. The highest BCUT2D eigenvalue weighted by molar-refractivity contribution is 6.31. The van der Waals surface area contributed by atoms with Crippen LogP contribution in [0.2, 0.25) is 5.02 Å². The van der Waals surface area contributed by atoms with Crippen LogP contribution in [0.25, 0.3) is 11.1 Å². The van der Waals surface area contributed by atoms with Gasteiger partial charge >= 0.3 is 0 Å². The number of benzene rings is 3. The van der Waals surface area contributed by atoms with Crippen LogP contribution in [0.15, 0.2) is 48.5 Å². The fraction of sp³-hybridized carbons (Fsp3) is 0.240. The average molecular weight is 452 g/mol. The zero-order valence-electron chi connectivity index (χ0n) is 18.3. The fourth-order valence-electron chi connectivity index (χ4n) is 4.54. The molecule has 1 N–H and O–H groups in total. The number of carbonyl (C=O) groups is 1. The standard InChI is InChI=1S/C25H23ClFN3O2/c1-14-5-7-16(27)12-21(14)29-13-19-17(18-11-15(26)6-10-22(18)32-4)8-9-20-23(19)30(29)24(31)25(2,3)28-20/h5-12,28H,13H2,1-4H3. The topological polar surface area (TPSA) is 44.8 Å². The molecule has 1 amide bonds. The molecule has 0 fully saturated rings. The first-order valence-electron chi connectivity index (χ1n) is 10.4. The third-order valence-electron chi connectivity index (χ3n) is 6.12. The van der Waals surface area contributed by atoms with Crippen LogP contribution in [-0.4, -0.2) is 18.6 Å². The molecule has 0 saturated heterocycles. The number of halogens is 2. The molecule has 0 saturated carbocycles. The van der Waals surface area contributed by atoms with Gasteiger partial charge in [0, 0.05) is 16.1 Å². The Balaban J connectivity index is 1.77. The maximum Gasteiger partial charge on any atom is 0.270 e. The molecule has 32 heavy (non-hydrogen) atoms. The summed E-state index contributed by atoms with van der Waals surface area (Å²) >= 11 is 6.31. The van der Waals surface area contributed by atoms with Gasteiger partial charge in [0.1, 0.15) is 17.1 Å². The van der Waals surface area contributed by atoms with Crippen molar-refractivity contribution in [2.75, 3.05) is 22.4 Å². The van der Waals surface area contributed by atoms with E-state index in [1.165, 1.54) is 12.1 Å². The first-order valence-corrected chi connectivity index (χ1v) is 10.7. The molecule has 0 aliphatic carbocycles. The van der Waals surface area contributed by atoms with E-state index in [0.29, 0.717) is 23.0 Å². The average Bonchev–Trinajstić information content (AvgIpc) is 3.15. The van der Waals surface area contributed by atoms with Crippen molar-refractivity contribution in [3.63, 3.8) is 0 Å². The number of methoxy groups -OCH3 is 1. The number of anilines is 3. The van der Waals surface area contributed by atoms with Crippen molar-refractivity contribution in [1.82, 2.24) is 0 Å². The molecule has 0 atom stereocenters. The summed E-state index contributed by atoms with van der Waals surface area (Å²) in [6.45, 7) is 6.01. The molecule has 0 bridgehead atoms. The maximum absolute atomic E-state index is 14.2. The van der Waals surface area contributed by atoms with Gasteiger partial charge in [-0.25, -0.2) is 9.40 Å². The van der Waals surface area contributed by atoms with E-state index in [4.69, 9.17) is 16.3 Å². The van der Waals surface area contributed by atoms with Gasteiger partial charge < -0.3 is 10.1 Å². The fourth-order valence-corrected chi connectivity index (χ4v) is 4.72. The van der Waals surface area contributed by atoms with Crippen LogP contribution in [0.3, 0.4) is 0 Å². The zero-order valence-corrected chi connectivity index (χ0v) is 19.0. The number of hydrazine groups is 1. The lowest BCUT2D eigenvalue weighted by Gasteiger charge is -2.41. The number of nitrogens with one attached hydrogen (secondary N) is 1. The van der Waals surface area contributed by atoms with Crippen LogP contribution in [-0.2, 0) is 11.3 Å². The van der Waals surface area contributed by atoms with E-state index in [1.54, 1.807) is 24.3 Å². The summed E-state index contributed by atoms with van der Waals surface area (Å²) in [6, 6.07) is 14.1. The number of ether oxygens (including phenoxy) is 1. The van der Waals surface area contributed by atoms with E-state index in [0.717, 1.165) is 33.6 Å². The summed E-state index contributed by atoms with van der Waals surface area (Å²) in [5.41, 5.74) is 5.05. The van der Waals surface area contributed by atoms with Gasteiger partial charge in [-0.3, -0.25) is 9.80 Å². The van der Waals surface area contributed by atoms with E-state index < -0.39 is 5.54 Å². The van der Waals surface area contributed by atoms with Crippen molar-refractivity contribution >= 4 is 34.6 Å². The number of hydrogen-bond acceptors (Lipinski definition) is 4. The minimum Gasteiger partial charge on any atom is -0.496 e. The summed E-state index contributed by atoms with van der Waals surface area (Å²) in [5, 5.41) is 7.50. The highest BCUT2D eigenvalue weighted by Crippen LogP contribution is 2.50. The van der Waals surface area contributed by atoms with E-state index in [2.05, 4.69) is 5.32 Å².